The summed E-state index contributed by atoms with van der Waals surface area (Å²) in [5, 5.41) is 0.697. The number of ether oxygens (including phenoxy) is 1. The van der Waals surface area contributed by atoms with Gasteiger partial charge in [0.2, 0.25) is 0 Å². The first-order valence-electron chi connectivity index (χ1n) is 12.9. The van der Waals surface area contributed by atoms with E-state index < -0.39 is 0 Å². The summed E-state index contributed by atoms with van der Waals surface area (Å²) in [6, 6.07) is 7.62. The first kappa shape index (κ1) is 26.1. The number of benzene rings is 1. The molecule has 3 heterocycles. The Morgan fingerprint density at radius 3 is 1.89 bits per heavy atom. The van der Waals surface area contributed by atoms with Crippen LogP contribution < -0.4 is 9.64 Å². The third-order valence-corrected chi connectivity index (χ3v) is 7.81. The lowest BCUT2D eigenvalue weighted by Gasteiger charge is -2.50. The molecule has 3 fully saturated rings. The van der Waals surface area contributed by atoms with E-state index in [-0.39, 0.29) is 0 Å². The van der Waals surface area contributed by atoms with Gasteiger partial charge in [0.15, 0.2) is 0 Å². The number of piperidine rings is 1. The van der Waals surface area contributed by atoms with E-state index in [0.29, 0.717) is 17.1 Å². The van der Waals surface area contributed by atoms with Gasteiger partial charge < -0.3 is 14.5 Å². The van der Waals surface area contributed by atoms with Crippen molar-refractivity contribution < 1.29 is 4.74 Å². The van der Waals surface area contributed by atoms with Gasteiger partial charge in [-0.25, -0.2) is 15.0 Å². The third-order valence-electron chi connectivity index (χ3n) is 7.51. The number of hydrogen-bond donors (Lipinski definition) is 0. The second kappa shape index (κ2) is 13.3. The predicted octanol–water partition coefficient (Wildman–Crippen LogP) is 4.33. The van der Waals surface area contributed by atoms with Crippen LogP contribution in [-0.2, 0) is 0 Å². The predicted molar refractivity (Wildman–Crippen MR) is 141 cm³/mol. The van der Waals surface area contributed by atoms with E-state index in [1.54, 1.807) is 7.11 Å². The number of likely N-dealkylation sites (tertiary alicyclic amines) is 1. The van der Waals surface area contributed by atoms with Gasteiger partial charge in [0, 0.05) is 17.8 Å². The molecule has 0 atom stereocenters. The maximum Gasteiger partial charge on any atom is 0.137 e. The number of rotatable bonds is 4. The van der Waals surface area contributed by atoms with Crippen LogP contribution in [0.2, 0.25) is 5.02 Å². The molecule has 35 heavy (non-hydrogen) atoms. The Kier molecular flexibility index (Phi) is 9.94. The lowest BCUT2D eigenvalue weighted by Crippen LogP contribution is -2.61. The van der Waals surface area contributed by atoms with Gasteiger partial charge in [-0.2, -0.15) is 0 Å². The van der Waals surface area contributed by atoms with E-state index >= 15 is 0 Å². The van der Waals surface area contributed by atoms with Crippen LogP contribution in [0.4, 0.5) is 5.69 Å². The van der Waals surface area contributed by atoms with Crippen molar-refractivity contribution >= 4 is 17.3 Å². The van der Waals surface area contributed by atoms with E-state index in [1.165, 1.54) is 89.1 Å². The fraction of sp³-hybridized carbons (Fsp3) is 0.654. The Labute approximate surface area is 215 Å². The Morgan fingerprint density at radius 2 is 1.37 bits per heavy atom. The van der Waals surface area contributed by atoms with Crippen molar-refractivity contribution in [2.75, 3.05) is 52.2 Å². The van der Waals surface area contributed by atoms with Crippen LogP contribution in [-0.4, -0.2) is 89.0 Å². The van der Waals surface area contributed by atoms with Crippen molar-refractivity contribution in [2.45, 2.75) is 63.5 Å². The van der Waals surface area contributed by atoms with Gasteiger partial charge in [0.1, 0.15) is 24.7 Å². The summed E-state index contributed by atoms with van der Waals surface area (Å²) in [5.74, 6) is 0.750. The summed E-state index contributed by atoms with van der Waals surface area (Å²) < 4.78 is 5.37. The van der Waals surface area contributed by atoms with Crippen LogP contribution >= 0.6 is 11.6 Å². The van der Waals surface area contributed by atoms with Crippen LogP contribution in [0.25, 0.3) is 0 Å². The molecule has 5 rings (SSSR count). The number of aromatic nitrogens is 3. The Balaban J connectivity index is 0.000000421. The monoisotopic (exact) mass is 501 g/mol. The van der Waals surface area contributed by atoms with Gasteiger partial charge in [-0.3, -0.25) is 9.80 Å². The summed E-state index contributed by atoms with van der Waals surface area (Å²) in [6.45, 7) is 5.51. The van der Waals surface area contributed by atoms with Crippen molar-refractivity contribution in [3.63, 3.8) is 0 Å². The SMILES string of the molecule is COc1ccc(N2CN(C3CCCCCC3)CN(C3CCN(C)CC3)C2)cc1Cl.c1ncncn1. The summed E-state index contributed by atoms with van der Waals surface area (Å²) in [5.41, 5.74) is 1.20. The number of hydrogen-bond acceptors (Lipinski definition) is 8. The van der Waals surface area contributed by atoms with Crippen LogP contribution in [0.1, 0.15) is 51.4 Å². The lowest BCUT2D eigenvalue weighted by atomic mass is 10.0. The minimum atomic E-state index is 0.677. The second-order valence-corrected chi connectivity index (χ2v) is 10.3. The fourth-order valence-electron chi connectivity index (χ4n) is 5.47. The molecule has 8 nitrogen and oxygen atoms in total. The zero-order chi connectivity index (χ0) is 24.5. The van der Waals surface area contributed by atoms with Crippen molar-refractivity contribution in [2.24, 2.45) is 0 Å². The highest BCUT2D eigenvalue weighted by Crippen LogP contribution is 2.32. The van der Waals surface area contributed by atoms with Gasteiger partial charge in [0.05, 0.1) is 32.1 Å². The van der Waals surface area contributed by atoms with E-state index in [4.69, 9.17) is 16.3 Å². The van der Waals surface area contributed by atoms with E-state index in [1.807, 2.05) is 6.07 Å². The first-order valence-corrected chi connectivity index (χ1v) is 13.3. The lowest BCUT2D eigenvalue weighted by molar-refractivity contribution is 0.00500. The Morgan fingerprint density at radius 1 is 0.800 bits per heavy atom. The standard InChI is InChI=1S/C23H37ClN4O.C3H3N3/c1-25-13-11-20(12-14-25)27-16-26(19-7-5-3-4-6-8-19)17-28(18-27)21-9-10-23(29-2)22(24)15-21;1-4-2-6-3-5-1/h9-10,15,19-20H,3-8,11-14,16-18H2,1-2H3;1-3H. The average molecular weight is 502 g/mol. The van der Waals surface area contributed by atoms with Crippen molar-refractivity contribution in [3.05, 3.63) is 42.2 Å². The molecule has 0 unspecified atom stereocenters. The van der Waals surface area contributed by atoms with Crippen LogP contribution in [0.3, 0.4) is 0 Å². The largest absolute Gasteiger partial charge is 0.495 e. The van der Waals surface area contributed by atoms with Crippen molar-refractivity contribution in [3.8, 4) is 5.75 Å². The number of anilines is 1. The number of methoxy groups -OCH3 is 1. The van der Waals surface area contributed by atoms with Crippen LogP contribution in [0, 0.1) is 0 Å². The molecular formula is C26H40ClN7O. The normalized spacial score (nSPS) is 21.7. The molecule has 192 valence electrons. The Hall–Kier alpha value is -2.00. The molecule has 1 aromatic heterocycles. The smallest absolute Gasteiger partial charge is 0.137 e. The summed E-state index contributed by atoms with van der Waals surface area (Å²) in [7, 11) is 3.92. The molecule has 2 saturated heterocycles. The summed E-state index contributed by atoms with van der Waals surface area (Å²) >= 11 is 6.47. The second-order valence-electron chi connectivity index (χ2n) is 9.93. The molecule has 0 amide bonds. The molecule has 1 saturated carbocycles. The quantitative estimate of drug-likeness (QED) is 0.573. The maximum atomic E-state index is 6.47. The molecule has 3 aliphatic rings. The zero-order valence-corrected chi connectivity index (χ0v) is 22.0. The molecular weight excluding hydrogens is 462 g/mol. The third kappa shape index (κ3) is 7.49. The summed E-state index contributed by atoms with van der Waals surface area (Å²) in [4.78, 5) is 21.1. The van der Waals surface area contributed by atoms with Crippen molar-refractivity contribution in [1.29, 1.82) is 0 Å². The van der Waals surface area contributed by atoms with E-state index in [0.717, 1.165) is 25.8 Å². The minimum absolute atomic E-state index is 0.677. The number of nitrogens with zero attached hydrogens (tertiary/aromatic N) is 7. The van der Waals surface area contributed by atoms with Crippen molar-refractivity contribution in [1.82, 2.24) is 29.7 Å². The van der Waals surface area contributed by atoms with Gasteiger partial charge >= 0.3 is 0 Å². The molecule has 2 aliphatic heterocycles. The van der Waals surface area contributed by atoms with E-state index in [2.05, 4.69) is 53.7 Å². The van der Waals surface area contributed by atoms with Gasteiger partial charge in [-0.15, -0.1) is 0 Å². The topological polar surface area (TPSA) is 60.9 Å². The molecule has 0 N–H and O–H groups in total. The highest BCUT2D eigenvalue weighted by atomic mass is 35.5. The Bertz CT molecular complexity index is 847. The zero-order valence-electron chi connectivity index (χ0n) is 21.2. The van der Waals surface area contributed by atoms with E-state index in [9.17, 15) is 0 Å². The molecule has 1 aliphatic carbocycles. The van der Waals surface area contributed by atoms with Gasteiger partial charge in [-0.05, 0) is 64.0 Å². The molecule has 1 aromatic carbocycles. The molecule has 9 heteroatoms. The molecule has 0 spiro atoms. The first-order chi connectivity index (χ1) is 17.1. The maximum absolute atomic E-state index is 6.47. The molecule has 2 aromatic rings. The van der Waals surface area contributed by atoms with Gasteiger partial charge in [0.25, 0.3) is 0 Å². The van der Waals surface area contributed by atoms with Gasteiger partial charge in [-0.1, -0.05) is 37.3 Å². The highest BCUT2D eigenvalue weighted by molar-refractivity contribution is 6.32. The van der Waals surface area contributed by atoms with Crippen LogP contribution in [0.5, 0.6) is 5.75 Å². The fourth-order valence-corrected chi connectivity index (χ4v) is 5.72. The molecule has 0 bridgehead atoms. The average Bonchev–Trinajstić information content (AvgIpc) is 3.20. The minimum Gasteiger partial charge on any atom is -0.495 e. The molecule has 0 radical (unpaired) electrons. The highest BCUT2D eigenvalue weighted by Gasteiger charge is 2.33. The summed E-state index contributed by atoms with van der Waals surface area (Å²) in [6.07, 6.45) is 15.1. The number of halogens is 1. The van der Waals surface area contributed by atoms with Crippen LogP contribution in [0.15, 0.2) is 37.2 Å².